The molecule has 3 aromatic heterocycles. The van der Waals surface area contributed by atoms with Gasteiger partial charge >= 0.3 is 0 Å². The molecule has 1 amide bonds. The van der Waals surface area contributed by atoms with Gasteiger partial charge in [0.05, 0.1) is 16.8 Å². The second kappa shape index (κ2) is 12.2. The van der Waals surface area contributed by atoms with Crippen LogP contribution in [0.4, 0.5) is 5.82 Å². The van der Waals surface area contributed by atoms with Crippen LogP contribution in [0.5, 0.6) is 0 Å². The first-order chi connectivity index (χ1) is 19.4. The lowest BCUT2D eigenvalue weighted by molar-refractivity contribution is 0.0964. The second-order valence-electron chi connectivity index (χ2n) is 10.5. The maximum atomic E-state index is 12.3. The van der Waals surface area contributed by atoms with E-state index in [9.17, 15) is 4.79 Å². The zero-order chi connectivity index (χ0) is 28.1. The van der Waals surface area contributed by atoms with E-state index >= 15 is 0 Å². The van der Waals surface area contributed by atoms with Crippen molar-refractivity contribution < 1.29 is 4.79 Å². The minimum absolute atomic E-state index is 0.121. The zero-order valence-electron chi connectivity index (χ0n) is 23.4. The van der Waals surface area contributed by atoms with Gasteiger partial charge in [-0.1, -0.05) is 31.7 Å². The Bertz CT molecular complexity index is 1500. The fourth-order valence-electron chi connectivity index (χ4n) is 5.28. The molecule has 1 saturated heterocycles. The van der Waals surface area contributed by atoms with Crippen LogP contribution < -0.4 is 10.6 Å². The first-order valence-corrected chi connectivity index (χ1v) is 13.8. The van der Waals surface area contributed by atoms with Crippen molar-refractivity contribution >= 4 is 22.6 Å². The number of aromatic nitrogens is 5. The van der Waals surface area contributed by atoms with Crippen molar-refractivity contribution in [3.63, 3.8) is 0 Å². The Kier molecular flexibility index (Phi) is 8.28. The number of anilines is 1. The molecule has 40 heavy (non-hydrogen) atoms. The number of fused-ring (bicyclic) bond motifs is 1. The van der Waals surface area contributed by atoms with Crippen LogP contribution in [0.15, 0.2) is 67.5 Å². The van der Waals surface area contributed by atoms with Crippen LogP contribution in [0.2, 0.25) is 0 Å². The van der Waals surface area contributed by atoms with E-state index in [4.69, 9.17) is 0 Å². The van der Waals surface area contributed by atoms with Gasteiger partial charge in [0.2, 0.25) is 0 Å². The van der Waals surface area contributed by atoms with E-state index in [1.165, 1.54) is 0 Å². The molecule has 5 rings (SSSR count). The van der Waals surface area contributed by atoms with Crippen LogP contribution in [0.25, 0.3) is 22.2 Å². The fraction of sp³-hybridized carbons (Fsp3) is 0.355. The van der Waals surface area contributed by atoms with Crippen molar-refractivity contribution in [2.75, 3.05) is 32.0 Å². The molecule has 0 unspecified atom stereocenters. The van der Waals surface area contributed by atoms with Gasteiger partial charge in [-0.15, -0.1) is 0 Å². The molecule has 206 valence electrons. The molecule has 2 N–H and O–H groups in total. The SMILES string of the molecule is C=C(C)N1CCC(Cc2ncc(-c3cc(NC[C@@H](C)c4cccc5c(C(=O)NC)ccnc45)ncn3)cn2)CC1. The van der Waals surface area contributed by atoms with Crippen molar-refractivity contribution in [1.29, 1.82) is 0 Å². The van der Waals surface area contributed by atoms with Gasteiger partial charge in [0.25, 0.3) is 5.91 Å². The summed E-state index contributed by atoms with van der Waals surface area (Å²) in [5, 5.41) is 6.99. The summed E-state index contributed by atoms with van der Waals surface area (Å²) >= 11 is 0. The molecule has 4 aromatic rings. The van der Waals surface area contributed by atoms with E-state index in [0.717, 1.165) is 77.4 Å². The van der Waals surface area contributed by atoms with Crippen LogP contribution in [0.3, 0.4) is 0 Å². The van der Waals surface area contributed by atoms with E-state index in [1.54, 1.807) is 25.6 Å². The quantitative estimate of drug-likeness (QED) is 0.313. The Balaban J connectivity index is 1.23. The predicted molar refractivity (Wildman–Crippen MR) is 158 cm³/mol. The van der Waals surface area contributed by atoms with Crippen LogP contribution in [-0.2, 0) is 6.42 Å². The molecule has 9 heteroatoms. The molecule has 4 heterocycles. The second-order valence-corrected chi connectivity index (χ2v) is 10.5. The molecule has 1 aromatic carbocycles. The molecule has 0 bridgehead atoms. The highest BCUT2D eigenvalue weighted by Gasteiger charge is 2.20. The van der Waals surface area contributed by atoms with Gasteiger partial charge in [-0.3, -0.25) is 9.78 Å². The summed E-state index contributed by atoms with van der Waals surface area (Å²) < 4.78 is 0. The number of nitrogens with one attached hydrogen (secondary N) is 2. The zero-order valence-corrected chi connectivity index (χ0v) is 23.4. The Labute approximate surface area is 235 Å². The number of carbonyl (C=O) groups is 1. The highest BCUT2D eigenvalue weighted by atomic mass is 16.1. The molecule has 0 aliphatic carbocycles. The summed E-state index contributed by atoms with van der Waals surface area (Å²) in [6.45, 7) is 11.0. The fourth-order valence-corrected chi connectivity index (χ4v) is 5.28. The summed E-state index contributed by atoms with van der Waals surface area (Å²) in [5.74, 6) is 2.21. The Morgan fingerprint density at radius 1 is 1.10 bits per heavy atom. The Hall–Kier alpha value is -4.40. The molecule has 1 fully saturated rings. The molecule has 1 aliphatic heterocycles. The number of hydrogen-bond donors (Lipinski definition) is 2. The average molecular weight is 537 g/mol. The third-order valence-corrected chi connectivity index (χ3v) is 7.69. The van der Waals surface area contributed by atoms with E-state index in [1.807, 2.05) is 30.6 Å². The average Bonchev–Trinajstić information content (AvgIpc) is 2.99. The first kappa shape index (κ1) is 27.2. The van der Waals surface area contributed by atoms with Gasteiger partial charge in [-0.25, -0.2) is 19.9 Å². The van der Waals surface area contributed by atoms with E-state index in [-0.39, 0.29) is 11.8 Å². The number of allylic oxidation sites excluding steroid dienone is 1. The van der Waals surface area contributed by atoms with Gasteiger partial charge in [0.15, 0.2) is 0 Å². The smallest absolute Gasteiger partial charge is 0.251 e. The predicted octanol–water partition coefficient (Wildman–Crippen LogP) is 4.85. The standard InChI is InChI=1S/C31H36N8O/c1-20(2)39-12-9-22(10-13-39)14-28-35-17-23(18-36-28)27-15-29(38-19-37-27)34-16-21(3)24-6-5-7-25-26(31(40)32-4)8-11-33-30(24)25/h5-8,11,15,17-19,21-22H,1,9-10,12-14,16H2,2-4H3,(H,32,40)(H,34,37,38)/t21-/m1/s1. The molecule has 0 spiro atoms. The minimum atomic E-state index is -0.121. The van der Waals surface area contributed by atoms with Gasteiger partial charge in [0.1, 0.15) is 18.0 Å². The topological polar surface area (TPSA) is 109 Å². The molecule has 0 radical (unpaired) electrons. The molecule has 1 aliphatic rings. The van der Waals surface area contributed by atoms with Crippen molar-refractivity contribution in [3.05, 3.63) is 84.5 Å². The lowest BCUT2D eigenvalue weighted by Gasteiger charge is -2.33. The summed E-state index contributed by atoms with van der Waals surface area (Å²) in [6.07, 6.45) is 10.1. The van der Waals surface area contributed by atoms with Crippen LogP contribution >= 0.6 is 0 Å². The third-order valence-electron chi connectivity index (χ3n) is 7.69. The summed E-state index contributed by atoms with van der Waals surface area (Å²) in [7, 11) is 1.64. The highest BCUT2D eigenvalue weighted by Crippen LogP contribution is 2.27. The number of nitrogens with zero attached hydrogens (tertiary/aromatic N) is 6. The number of hydrogen-bond acceptors (Lipinski definition) is 8. The van der Waals surface area contributed by atoms with Crippen molar-refractivity contribution in [3.8, 4) is 11.3 Å². The normalized spacial score (nSPS) is 14.6. The monoisotopic (exact) mass is 536 g/mol. The van der Waals surface area contributed by atoms with Crippen LogP contribution in [0.1, 0.15) is 54.4 Å². The summed E-state index contributed by atoms with van der Waals surface area (Å²) in [4.78, 5) is 37.4. The van der Waals surface area contributed by atoms with E-state index < -0.39 is 0 Å². The summed E-state index contributed by atoms with van der Waals surface area (Å²) in [5.41, 5.74) is 5.30. The lowest BCUT2D eigenvalue weighted by atomic mass is 9.93. The van der Waals surface area contributed by atoms with Crippen molar-refractivity contribution in [2.24, 2.45) is 5.92 Å². The largest absolute Gasteiger partial charge is 0.376 e. The number of piperidine rings is 1. The van der Waals surface area contributed by atoms with Gasteiger partial charge in [-0.05, 0) is 37.3 Å². The Morgan fingerprint density at radius 2 is 1.88 bits per heavy atom. The lowest BCUT2D eigenvalue weighted by Crippen LogP contribution is -2.32. The van der Waals surface area contributed by atoms with Gasteiger partial charge in [-0.2, -0.15) is 0 Å². The first-order valence-electron chi connectivity index (χ1n) is 13.8. The molecule has 1 atom stereocenters. The maximum absolute atomic E-state index is 12.3. The number of rotatable bonds is 9. The molecule has 0 saturated carbocycles. The number of carbonyl (C=O) groups excluding carboxylic acids is 1. The van der Waals surface area contributed by atoms with Gasteiger partial charge < -0.3 is 15.5 Å². The van der Waals surface area contributed by atoms with Crippen molar-refractivity contribution in [1.82, 2.24) is 35.1 Å². The minimum Gasteiger partial charge on any atom is -0.376 e. The number of pyridine rings is 1. The van der Waals surface area contributed by atoms with Gasteiger partial charge in [0, 0.05) is 80.3 Å². The van der Waals surface area contributed by atoms with Crippen LogP contribution in [-0.4, -0.2) is 62.4 Å². The van der Waals surface area contributed by atoms with E-state index in [0.29, 0.717) is 18.0 Å². The van der Waals surface area contributed by atoms with E-state index in [2.05, 4.69) is 66.9 Å². The Morgan fingerprint density at radius 3 is 2.60 bits per heavy atom. The highest BCUT2D eigenvalue weighted by molar-refractivity contribution is 6.06. The molecular formula is C31H36N8O. The molecule has 9 nitrogen and oxygen atoms in total. The summed E-state index contributed by atoms with van der Waals surface area (Å²) in [6, 6.07) is 9.64. The number of likely N-dealkylation sites (tertiary alicyclic amines) is 1. The molecular weight excluding hydrogens is 500 g/mol. The van der Waals surface area contributed by atoms with Crippen molar-refractivity contribution in [2.45, 2.75) is 39.0 Å². The number of para-hydroxylation sites is 1. The third kappa shape index (κ3) is 6.09. The number of benzene rings is 1. The maximum Gasteiger partial charge on any atom is 0.251 e. The number of amides is 1. The van der Waals surface area contributed by atoms with Crippen LogP contribution in [0, 0.1) is 5.92 Å².